The third-order valence-electron chi connectivity index (χ3n) is 1.52. The van der Waals surface area contributed by atoms with Gasteiger partial charge in [-0.15, -0.1) is 0 Å². The summed E-state index contributed by atoms with van der Waals surface area (Å²) in [7, 11) is 0. The van der Waals surface area contributed by atoms with Crippen molar-refractivity contribution in [3.63, 3.8) is 0 Å². The fourth-order valence-electron chi connectivity index (χ4n) is 0.920. The number of hydrogen-bond donors (Lipinski definition) is 1. The monoisotopic (exact) mass is 173 g/mol. The summed E-state index contributed by atoms with van der Waals surface area (Å²) in [5.74, 6) is 0.661. The summed E-state index contributed by atoms with van der Waals surface area (Å²) >= 11 is 0. The van der Waals surface area contributed by atoms with Gasteiger partial charge in [-0.3, -0.25) is 0 Å². The van der Waals surface area contributed by atoms with E-state index in [1.165, 1.54) is 6.42 Å². The van der Waals surface area contributed by atoms with Gasteiger partial charge in [-0.1, -0.05) is 20.8 Å². The number of nitrogens with one attached hydrogen (secondary N) is 1. The molecule has 0 radical (unpaired) electrons. The molecular formula is C10H23NO. The maximum atomic E-state index is 5.44. The predicted molar refractivity (Wildman–Crippen MR) is 53.4 cm³/mol. The molecule has 0 aromatic rings. The summed E-state index contributed by atoms with van der Waals surface area (Å²) in [5, 5.41) is 3.34. The Morgan fingerprint density at radius 2 is 2.00 bits per heavy atom. The Labute approximate surface area is 76.7 Å². The number of ether oxygens (including phenoxy) is 1. The summed E-state index contributed by atoms with van der Waals surface area (Å²) in [6.07, 6.45) is 2.35. The van der Waals surface area contributed by atoms with E-state index in [1.807, 2.05) is 0 Å². The summed E-state index contributed by atoms with van der Waals surface area (Å²) in [6, 6.07) is 0. The molecular weight excluding hydrogens is 150 g/mol. The van der Waals surface area contributed by atoms with E-state index in [0.29, 0.717) is 5.92 Å². The average molecular weight is 173 g/mol. The second-order valence-electron chi connectivity index (χ2n) is 3.57. The molecule has 0 unspecified atom stereocenters. The predicted octanol–water partition coefficient (Wildman–Crippen LogP) is 2.05. The molecule has 0 saturated heterocycles. The zero-order chi connectivity index (χ0) is 9.23. The molecule has 0 amide bonds. The van der Waals surface area contributed by atoms with Crippen LogP contribution in [0.25, 0.3) is 0 Å². The van der Waals surface area contributed by atoms with Gasteiger partial charge in [0.05, 0.1) is 0 Å². The molecule has 0 fully saturated rings. The van der Waals surface area contributed by atoms with Crippen molar-refractivity contribution in [3.05, 3.63) is 0 Å². The Bertz CT molecular complexity index is 83.9. The van der Waals surface area contributed by atoms with Crippen molar-refractivity contribution in [3.8, 4) is 0 Å². The van der Waals surface area contributed by atoms with Crippen molar-refractivity contribution in [2.24, 2.45) is 5.92 Å². The highest BCUT2D eigenvalue weighted by Crippen LogP contribution is 1.92. The number of rotatable bonds is 8. The first kappa shape index (κ1) is 11.9. The van der Waals surface area contributed by atoms with Crippen LogP contribution in [0.2, 0.25) is 0 Å². The molecule has 12 heavy (non-hydrogen) atoms. The van der Waals surface area contributed by atoms with Crippen molar-refractivity contribution in [1.82, 2.24) is 5.32 Å². The van der Waals surface area contributed by atoms with E-state index >= 15 is 0 Å². The van der Waals surface area contributed by atoms with Crippen molar-refractivity contribution in [1.29, 1.82) is 0 Å². The molecule has 0 aliphatic rings. The molecule has 0 aromatic heterocycles. The quantitative estimate of drug-likeness (QED) is 0.567. The molecule has 0 saturated carbocycles. The second kappa shape index (κ2) is 9.01. The van der Waals surface area contributed by atoms with Crippen LogP contribution in [0, 0.1) is 5.92 Å². The Morgan fingerprint density at radius 3 is 2.58 bits per heavy atom. The fraction of sp³-hybridized carbons (Fsp3) is 1.00. The zero-order valence-corrected chi connectivity index (χ0v) is 8.73. The lowest BCUT2D eigenvalue weighted by atomic mass is 10.2. The molecule has 2 heteroatoms. The Balaban J connectivity index is 2.82. The molecule has 0 aliphatic heterocycles. The van der Waals surface area contributed by atoms with Crippen molar-refractivity contribution >= 4 is 0 Å². The molecule has 0 bridgehead atoms. The maximum Gasteiger partial charge on any atom is 0.0489 e. The fourth-order valence-corrected chi connectivity index (χ4v) is 0.920. The first-order valence-electron chi connectivity index (χ1n) is 5.05. The van der Waals surface area contributed by atoms with E-state index in [9.17, 15) is 0 Å². The highest BCUT2D eigenvalue weighted by Gasteiger charge is 1.92. The van der Waals surface area contributed by atoms with Gasteiger partial charge in [0.2, 0.25) is 0 Å². The SMILES string of the molecule is CCCNCCCOCC(C)C. The third-order valence-corrected chi connectivity index (χ3v) is 1.52. The lowest BCUT2D eigenvalue weighted by molar-refractivity contribution is 0.108. The van der Waals surface area contributed by atoms with Crippen LogP contribution in [-0.4, -0.2) is 26.3 Å². The van der Waals surface area contributed by atoms with E-state index in [1.54, 1.807) is 0 Å². The molecule has 74 valence electrons. The smallest absolute Gasteiger partial charge is 0.0489 e. The van der Waals surface area contributed by atoms with Gasteiger partial charge in [0.1, 0.15) is 0 Å². The molecule has 0 aliphatic carbocycles. The summed E-state index contributed by atoms with van der Waals surface area (Å²) < 4.78 is 5.44. The molecule has 1 N–H and O–H groups in total. The minimum Gasteiger partial charge on any atom is -0.381 e. The van der Waals surface area contributed by atoms with E-state index in [4.69, 9.17) is 4.74 Å². The lowest BCUT2D eigenvalue weighted by Crippen LogP contribution is -2.17. The van der Waals surface area contributed by atoms with Crippen LogP contribution < -0.4 is 5.32 Å². The average Bonchev–Trinajstić information content (AvgIpc) is 2.02. The van der Waals surface area contributed by atoms with Gasteiger partial charge < -0.3 is 10.1 Å². The highest BCUT2D eigenvalue weighted by atomic mass is 16.5. The van der Waals surface area contributed by atoms with Gasteiger partial charge in [0.15, 0.2) is 0 Å². The van der Waals surface area contributed by atoms with Crippen LogP contribution in [-0.2, 0) is 4.74 Å². The van der Waals surface area contributed by atoms with E-state index in [0.717, 1.165) is 32.7 Å². The van der Waals surface area contributed by atoms with Crippen molar-refractivity contribution in [2.75, 3.05) is 26.3 Å². The van der Waals surface area contributed by atoms with Gasteiger partial charge in [0.25, 0.3) is 0 Å². The largest absolute Gasteiger partial charge is 0.381 e. The minimum atomic E-state index is 0.661. The normalized spacial score (nSPS) is 11.0. The second-order valence-corrected chi connectivity index (χ2v) is 3.57. The molecule has 0 aromatic carbocycles. The zero-order valence-electron chi connectivity index (χ0n) is 8.73. The topological polar surface area (TPSA) is 21.3 Å². The van der Waals surface area contributed by atoms with Crippen molar-refractivity contribution < 1.29 is 4.74 Å². The molecule has 0 rings (SSSR count). The van der Waals surface area contributed by atoms with E-state index in [-0.39, 0.29) is 0 Å². The molecule has 0 heterocycles. The van der Waals surface area contributed by atoms with Crippen LogP contribution in [0.4, 0.5) is 0 Å². The number of hydrogen-bond acceptors (Lipinski definition) is 2. The summed E-state index contributed by atoms with van der Waals surface area (Å²) in [4.78, 5) is 0. The molecule has 2 nitrogen and oxygen atoms in total. The van der Waals surface area contributed by atoms with Gasteiger partial charge >= 0.3 is 0 Å². The first-order chi connectivity index (χ1) is 5.77. The first-order valence-corrected chi connectivity index (χ1v) is 5.05. The van der Waals surface area contributed by atoms with Gasteiger partial charge in [-0.25, -0.2) is 0 Å². The van der Waals surface area contributed by atoms with E-state index in [2.05, 4.69) is 26.1 Å². The Morgan fingerprint density at radius 1 is 1.25 bits per heavy atom. The minimum absolute atomic E-state index is 0.661. The third kappa shape index (κ3) is 9.92. The van der Waals surface area contributed by atoms with Crippen molar-refractivity contribution in [2.45, 2.75) is 33.6 Å². The Kier molecular flexibility index (Phi) is 8.95. The lowest BCUT2D eigenvalue weighted by Gasteiger charge is -2.06. The van der Waals surface area contributed by atoms with Gasteiger partial charge in [-0.05, 0) is 31.8 Å². The van der Waals surface area contributed by atoms with Crippen LogP contribution in [0.1, 0.15) is 33.6 Å². The van der Waals surface area contributed by atoms with Gasteiger partial charge in [0, 0.05) is 13.2 Å². The summed E-state index contributed by atoms with van der Waals surface area (Å²) in [6.45, 7) is 10.5. The van der Waals surface area contributed by atoms with Crippen LogP contribution in [0.15, 0.2) is 0 Å². The van der Waals surface area contributed by atoms with Crippen LogP contribution in [0.5, 0.6) is 0 Å². The highest BCUT2D eigenvalue weighted by molar-refractivity contribution is 4.46. The van der Waals surface area contributed by atoms with E-state index < -0.39 is 0 Å². The van der Waals surface area contributed by atoms with Gasteiger partial charge in [-0.2, -0.15) is 0 Å². The van der Waals surface area contributed by atoms with Crippen LogP contribution >= 0.6 is 0 Å². The molecule has 0 spiro atoms. The maximum absolute atomic E-state index is 5.44. The standard InChI is InChI=1S/C10H23NO/c1-4-6-11-7-5-8-12-9-10(2)3/h10-11H,4-9H2,1-3H3. The van der Waals surface area contributed by atoms with Crippen LogP contribution in [0.3, 0.4) is 0 Å². The summed E-state index contributed by atoms with van der Waals surface area (Å²) in [5.41, 5.74) is 0. The Hall–Kier alpha value is -0.0800. The molecule has 0 atom stereocenters.